The molecular formula is C19H25ClN4O. The van der Waals surface area contributed by atoms with Crippen molar-refractivity contribution in [3.8, 4) is 0 Å². The van der Waals surface area contributed by atoms with E-state index in [2.05, 4.69) is 29.1 Å². The molecule has 0 spiro atoms. The van der Waals surface area contributed by atoms with Crippen LogP contribution in [0.2, 0.25) is 5.02 Å². The Balaban J connectivity index is 2.30. The van der Waals surface area contributed by atoms with Crippen LogP contribution in [0.3, 0.4) is 0 Å². The number of carbonyl (C=O) groups is 1. The zero-order valence-corrected chi connectivity index (χ0v) is 16.0. The number of aryl methyl sites for hydroxylation is 2. The largest absolute Gasteiger partial charge is 0.340 e. The minimum Gasteiger partial charge on any atom is -0.340 e. The number of amides is 1. The highest BCUT2D eigenvalue weighted by molar-refractivity contribution is 6.30. The Bertz CT molecular complexity index is 742. The van der Waals surface area contributed by atoms with Gasteiger partial charge in [-0.2, -0.15) is 0 Å². The lowest BCUT2D eigenvalue weighted by atomic mass is 10.2. The predicted molar refractivity (Wildman–Crippen MR) is 103 cm³/mol. The summed E-state index contributed by atoms with van der Waals surface area (Å²) in [6.07, 6.45) is 1.84. The van der Waals surface area contributed by atoms with Gasteiger partial charge in [0.05, 0.1) is 0 Å². The maximum atomic E-state index is 12.8. The number of anilines is 2. The summed E-state index contributed by atoms with van der Waals surface area (Å²) in [6, 6.07) is 7.33. The molecule has 5 nitrogen and oxygen atoms in total. The number of nitrogens with zero attached hydrogens (tertiary/aromatic N) is 3. The third-order valence-corrected chi connectivity index (χ3v) is 4.03. The molecule has 2 rings (SSSR count). The molecule has 0 aliphatic carbocycles. The molecule has 0 bridgehead atoms. The fraction of sp³-hybridized carbons (Fsp3) is 0.421. The fourth-order valence-corrected chi connectivity index (χ4v) is 2.80. The third kappa shape index (κ3) is 5.16. The molecule has 0 saturated carbocycles. The highest BCUT2D eigenvalue weighted by atomic mass is 35.5. The van der Waals surface area contributed by atoms with Crippen molar-refractivity contribution in [2.24, 2.45) is 0 Å². The summed E-state index contributed by atoms with van der Waals surface area (Å²) >= 11 is 6.07. The van der Waals surface area contributed by atoms with Crippen molar-refractivity contribution in [2.45, 2.75) is 40.5 Å². The maximum Gasteiger partial charge on any atom is 0.272 e. The molecule has 1 aromatic carbocycles. The summed E-state index contributed by atoms with van der Waals surface area (Å²) in [7, 11) is 0. The molecule has 0 atom stereocenters. The van der Waals surface area contributed by atoms with Crippen molar-refractivity contribution in [1.82, 2.24) is 14.9 Å². The highest BCUT2D eigenvalue weighted by Crippen LogP contribution is 2.24. The summed E-state index contributed by atoms with van der Waals surface area (Å²) in [6.45, 7) is 9.36. The van der Waals surface area contributed by atoms with Crippen molar-refractivity contribution in [2.75, 3.05) is 18.4 Å². The molecule has 0 saturated heterocycles. The van der Waals surface area contributed by atoms with E-state index in [0.717, 1.165) is 37.2 Å². The molecule has 1 heterocycles. The standard InChI is InChI=1S/C19H25ClN4O/c1-5-9-24(10-6-2)19(25)17-12-18(22-14(4)21-17)23-16-11-15(20)8-7-13(16)3/h7-8,11-12H,5-6,9-10H2,1-4H3,(H,21,22,23). The van der Waals surface area contributed by atoms with Gasteiger partial charge in [-0.25, -0.2) is 9.97 Å². The van der Waals surface area contributed by atoms with Gasteiger partial charge in [-0.3, -0.25) is 4.79 Å². The number of hydrogen-bond donors (Lipinski definition) is 1. The average molecular weight is 361 g/mol. The second kappa shape index (κ2) is 8.81. The van der Waals surface area contributed by atoms with E-state index in [-0.39, 0.29) is 5.91 Å². The minimum absolute atomic E-state index is 0.0555. The second-order valence-electron chi connectivity index (χ2n) is 6.06. The van der Waals surface area contributed by atoms with Gasteiger partial charge in [-0.15, -0.1) is 0 Å². The molecule has 2 aromatic rings. The molecule has 0 aliphatic rings. The van der Waals surface area contributed by atoms with Gasteiger partial charge in [0.2, 0.25) is 0 Å². The molecule has 0 unspecified atom stereocenters. The molecule has 0 fully saturated rings. The molecule has 134 valence electrons. The SMILES string of the molecule is CCCN(CCC)C(=O)c1cc(Nc2cc(Cl)ccc2C)nc(C)n1. The van der Waals surface area contributed by atoms with E-state index in [9.17, 15) is 4.79 Å². The van der Waals surface area contributed by atoms with Crippen LogP contribution in [0.15, 0.2) is 24.3 Å². The molecular weight excluding hydrogens is 336 g/mol. The van der Waals surface area contributed by atoms with Gasteiger partial charge in [0.25, 0.3) is 5.91 Å². The third-order valence-electron chi connectivity index (χ3n) is 3.79. The first kappa shape index (κ1) is 19.2. The fourth-order valence-electron chi connectivity index (χ4n) is 2.62. The van der Waals surface area contributed by atoms with E-state index in [1.165, 1.54) is 0 Å². The zero-order chi connectivity index (χ0) is 18.4. The van der Waals surface area contributed by atoms with Crippen LogP contribution in [0.5, 0.6) is 0 Å². The monoisotopic (exact) mass is 360 g/mol. The van der Waals surface area contributed by atoms with Crippen LogP contribution in [-0.2, 0) is 0 Å². The van der Waals surface area contributed by atoms with Gasteiger partial charge in [-0.05, 0) is 44.4 Å². The van der Waals surface area contributed by atoms with E-state index in [1.807, 2.05) is 30.0 Å². The Kier molecular flexibility index (Phi) is 6.76. The van der Waals surface area contributed by atoms with Gasteiger partial charge in [0.1, 0.15) is 17.3 Å². The summed E-state index contributed by atoms with van der Waals surface area (Å²) < 4.78 is 0. The van der Waals surface area contributed by atoms with Gasteiger partial charge in [0.15, 0.2) is 0 Å². The maximum absolute atomic E-state index is 12.8. The summed E-state index contributed by atoms with van der Waals surface area (Å²) in [5.41, 5.74) is 2.33. The second-order valence-corrected chi connectivity index (χ2v) is 6.50. The lowest BCUT2D eigenvalue weighted by Gasteiger charge is -2.21. The van der Waals surface area contributed by atoms with Crippen LogP contribution in [0, 0.1) is 13.8 Å². The molecule has 1 aromatic heterocycles. The highest BCUT2D eigenvalue weighted by Gasteiger charge is 2.17. The Hall–Kier alpha value is -2.14. The molecule has 1 amide bonds. The van der Waals surface area contributed by atoms with Crippen LogP contribution in [0.4, 0.5) is 11.5 Å². The number of hydrogen-bond acceptors (Lipinski definition) is 4. The van der Waals surface area contributed by atoms with Gasteiger partial charge < -0.3 is 10.2 Å². The van der Waals surface area contributed by atoms with E-state index in [4.69, 9.17) is 11.6 Å². The van der Waals surface area contributed by atoms with Crippen molar-refractivity contribution < 1.29 is 4.79 Å². The van der Waals surface area contributed by atoms with Gasteiger partial charge in [-0.1, -0.05) is 31.5 Å². The average Bonchev–Trinajstić information content (AvgIpc) is 2.57. The van der Waals surface area contributed by atoms with Crippen molar-refractivity contribution >= 4 is 29.0 Å². The summed E-state index contributed by atoms with van der Waals surface area (Å²) in [4.78, 5) is 23.4. The van der Waals surface area contributed by atoms with Gasteiger partial charge in [0, 0.05) is 29.9 Å². The Morgan fingerprint density at radius 3 is 2.44 bits per heavy atom. The quantitative estimate of drug-likeness (QED) is 0.773. The minimum atomic E-state index is -0.0555. The van der Waals surface area contributed by atoms with Crippen LogP contribution >= 0.6 is 11.6 Å². The molecule has 0 aliphatic heterocycles. The normalized spacial score (nSPS) is 10.6. The number of rotatable bonds is 7. The lowest BCUT2D eigenvalue weighted by Crippen LogP contribution is -2.33. The first-order valence-corrected chi connectivity index (χ1v) is 9.00. The predicted octanol–water partition coefficient (Wildman–Crippen LogP) is 4.75. The first-order valence-electron chi connectivity index (χ1n) is 8.62. The Morgan fingerprint density at radius 1 is 1.12 bits per heavy atom. The summed E-state index contributed by atoms with van der Waals surface area (Å²) in [5.74, 6) is 1.09. The first-order chi connectivity index (χ1) is 11.9. The van der Waals surface area contributed by atoms with Crippen molar-refractivity contribution in [3.05, 3.63) is 46.4 Å². The number of benzene rings is 1. The number of nitrogens with one attached hydrogen (secondary N) is 1. The molecule has 1 N–H and O–H groups in total. The Morgan fingerprint density at radius 2 is 1.80 bits per heavy atom. The zero-order valence-electron chi connectivity index (χ0n) is 15.3. The van der Waals surface area contributed by atoms with Crippen LogP contribution in [-0.4, -0.2) is 33.9 Å². The Labute approximate surface area is 154 Å². The number of aromatic nitrogens is 2. The van der Waals surface area contributed by atoms with Crippen LogP contribution in [0.25, 0.3) is 0 Å². The van der Waals surface area contributed by atoms with Crippen LogP contribution in [0.1, 0.15) is 48.6 Å². The number of carbonyl (C=O) groups excluding carboxylic acids is 1. The summed E-state index contributed by atoms with van der Waals surface area (Å²) in [5, 5.41) is 3.89. The molecule has 6 heteroatoms. The van der Waals surface area contributed by atoms with E-state index in [1.54, 1.807) is 13.0 Å². The van der Waals surface area contributed by atoms with E-state index in [0.29, 0.717) is 22.4 Å². The number of halogens is 1. The molecule has 25 heavy (non-hydrogen) atoms. The van der Waals surface area contributed by atoms with Gasteiger partial charge >= 0.3 is 0 Å². The van der Waals surface area contributed by atoms with Crippen LogP contribution < -0.4 is 5.32 Å². The smallest absolute Gasteiger partial charge is 0.272 e. The van der Waals surface area contributed by atoms with E-state index < -0.39 is 0 Å². The lowest BCUT2D eigenvalue weighted by molar-refractivity contribution is 0.0749. The topological polar surface area (TPSA) is 58.1 Å². The van der Waals surface area contributed by atoms with E-state index >= 15 is 0 Å². The molecule has 0 radical (unpaired) electrons. The van der Waals surface area contributed by atoms with Crippen molar-refractivity contribution in [1.29, 1.82) is 0 Å². The van der Waals surface area contributed by atoms with Crippen molar-refractivity contribution in [3.63, 3.8) is 0 Å².